The standard InChI is InChI=1S/C23H24ClNO4S3/c1-3-7-20(31-14-17-10-12-19(24)13-11-17)32(28,29)25-23(21(26)27)15-22(23,16-30-2)18-8-5-4-6-9-18/h3-13,25H,1,14-16H2,2H3,(H,26,27)/b20-7+. The Labute approximate surface area is 202 Å². The van der Waals surface area contributed by atoms with Crippen molar-refractivity contribution >= 4 is 51.1 Å². The maximum atomic E-state index is 13.3. The molecule has 0 saturated heterocycles. The second-order valence-corrected chi connectivity index (χ2v) is 11.7. The number of carbonyl (C=O) groups is 1. The van der Waals surface area contributed by atoms with Gasteiger partial charge in [-0.15, -0.1) is 11.8 Å². The molecule has 170 valence electrons. The van der Waals surface area contributed by atoms with Crippen molar-refractivity contribution in [1.82, 2.24) is 4.72 Å². The Kier molecular flexibility index (Phi) is 7.83. The zero-order valence-electron chi connectivity index (χ0n) is 17.5. The third-order valence-corrected chi connectivity index (χ3v) is 9.69. The quantitative estimate of drug-likeness (QED) is 0.412. The third kappa shape index (κ3) is 4.94. The van der Waals surface area contributed by atoms with E-state index in [1.807, 2.05) is 48.7 Å². The molecule has 32 heavy (non-hydrogen) atoms. The van der Waals surface area contributed by atoms with Crippen LogP contribution in [0.2, 0.25) is 5.02 Å². The summed E-state index contributed by atoms with van der Waals surface area (Å²) in [6, 6.07) is 16.3. The van der Waals surface area contributed by atoms with E-state index in [2.05, 4.69) is 11.3 Å². The molecule has 0 aromatic heterocycles. The smallest absolute Gasteiger partial charge is 0.325 e. The minimum atomic E-state index is -4.11. The molecule has 0 bridgehead atoms. The Hall–Kier alpha value is -1.71. The molecule has 0 spiro atoms. The normalized spacial score (nSPS) is 23.0. The molecule has 1 fully saturated rings. The van der Waals surface area contributed by atoms with Gasteiger partial charge in [-0.05, 0) is 42.0 Å². The number of aliphatic carboxylic acids is 1. The molecule has 2 N–H and O–H groups in total. The molecule has 0 radical (unpaired) electrons. The van der Waals surface area contributed by atoms with Crippen LogP contribution in [-0.4, -0.2) is 37.0 Å². The van der Waals surface area contributed by atoms with Gasteiger partial charge in [-0.3, -0.25) is 4.79 Å². The van der Waals surface area contributed by atoms with Crippen LogP contribution >= 0.6 is 35.1 Å². The van der Waals surface area contributed by atoms with E-state index in [0.717, 1.165) is 22.9 Å². The van der Waals surface area contributed by atoms with Gasteiger partial charge in [-0.25, -0.2) is 8.42 Å². The number of sulfonamides is 1. The summed E-state index contributed by atoms with van der Waals surface area (Å²) in [6.45, 7) is 3.61. The lowest BCUT2D eigenvalue weighted by Crippen LogP contribution is -2.49. The molecule has 2 aromatic rings. The number of thioether (sulfide) groups is 2. The van der Waals surface area contributed by atoms with Crippen LogP contribution in [0, 0.1) is 0 Å². The summed E-state index contributed by atoms with van der Waals surface area (Å²) in [4.78, 5) is 12.4. The highest BCUT2D eigenvalue weighted by Gasteiger charge is 2.74. The van der Waals surface area contributed by atoms with E-state index in [0.29, 0.717) is 16.5 Å². The van der Waals surface area contributed by atoms with Gasteiger partial charge >= 0.3 is 5.97 Å². The van der Waals surface area contributed by atoms with Gasteiger partial charge in [0, 0.05) is 21.9 Å². The molecule has 0 heterocycles. The van der Waals surface area contributed by atoms with E-state index < -0.39 is 26.9 Å². The van der Waals surface area contributed by atoms with Gasteiger partial charge in [0.05, 0.1) is 0 Å². The van der Waals surface area contributed by atoms with Crippen LogP contribution in [0.25, 0.3) is 0 Å². The summed E-state index contributed by atoms with van der Waals surface area (Å²) in [5.41, 5.74) is -0.739. The number of hydrogen-bond acceptors (Lipinski definition) is 5. The van der Waals surface area contributed by atoms with Gasteiger partial charge in [0.15, 0.2) is 0 Å². The van der Waals surface area contributed by atoms with Crippen molar-refractivity contribution < 1.29 is 18.3 Å². The minimum absolute atomic E-state index is 0.0149. The van der Waals surface area contributed by atoms with Crippen molar-refractivity contribution in [1.29, 1.82) is 0 Å². The van der Waals surface area contributed by atoms with Crippen LogP contribution in [0.15, 0.2) is 77.6 Å². The number of nitrogens with one attached hydrogen (secondary N) is 1. The first-order valence-corrected chi connectivity index (χ1v) is 14.0. The first-order chi connectivity index (χ1) is 15.2. The van der Waals surface area contributed by atoms with Crippen molar-refractivity contribution in [3.63, 3.8) is 0 Å². The summed E-state index contributed by atoms with van der Waals surface area (Å²) < 4.78 is 29.2. The monoisotopic (exact) mass is 509 g/mol. The number of halogens is 1. The maximum Gasteiger partial charge on any atom is 0.325 e. The van der Waals surface area contributed by atoms with Crippen LogP contribution < -0.4 is 4.72 Å². The fraction of sp³-hybridized carbons (Fsp3) is 0.261. The lowest BCUT2D eigenvalue weighted by atomic mass is 9.92. The van der Waals surface area contributed by atoms with E-state index in [-0.39, 0.29) is 10.7 Å². The summed E-state index contributed by atoms with van der Waals surface area (Å²) in [6.07, 6.45) is 4.84. The second kappa shape index (κ2) is 10.1. The number of carboxylic acids is 1. The van der Waals surface area contributed by atoms with Gasteiger partial charge in [0.1, 0.15) is 9.78 Å². The van der Waals surface area contributed by atoms with Gasteiger partial charge < -0.3 is 5.11 Å². The average molecular weight is 510 g/mol. The molecule has 1 aliphatic rings. The molecule has 0 aliphatic heterocycles. The number of benzene rings is 2. The molecule has 9 heteroatoms. The zero-order valence-corrected chi connectivity index (χ0v) is 20.7. The van der Waals surface area contributed by atoms with E-state index in [4.69, 9.17) is 11.6 Å². The number of carboxylic acid groups (broad SMARTS) is 1. The molecule has 3 rings (SSSR count). The van der Waals surface area contributed by atoms with Crippen LogP contribution in [0.3, 0.4) is 0 Å². The first-order valence-electron chi connectivity index (χ1n) is 9.72. The van der Waals surface area contributed by atoms with Crippen LogP contribution in [-0.2, 0) is 26.0 Å². The predicted molar refractivity (Wildman–Crippen MR) is 135 cm³/mol. The predicted octanol–water partition coefficient (Wildman–Crippen LogP) is 5.05. The molecule has 1 saturated carbocycles. The minimum Gasteiger partial charge on any atom is -0.480 e. The lowest BCUT2D eigenvalue weighted by Gasteiger charge is -2.24. The van der Waals surface area contributed by atoms with Crippen LogP contribution in [0.1, 0.15) is 17.5 Å². The highest BCUT2D eigenvalue weighted by Crippen LogP contribution is 2.60. The van der Waals surface area contributed by atoms with Crippen molar-refractivity contribution in [2.24, 2.45) is 0 Å². The first kappa shape index (κ1) is 24.9. The van der Waals surface area contributed by atoms with E-state index in [1.165, 1.54) is 23.9 Å². The molecule has 2 atom stereocenters. The average Bonchev–Trinajstić information content (AvgIpc) is 3.41. The Morgan fingerprint density at radius 1 is 1.22 bits per heavy atom. The Morgan fingerprint density at radius 2 is 1.88 bits per heavy atom. The van der Waals surface area contributed by atoms with Crippen LogP contribution in [0.4, 0.5) is 0 Å². The van der Waals surface area contributed by atoms with Crippen molar-refractivity contribution in [3.05, 3.63) is 93.7 Å². The Balaban J connectivity index is 1.90. The van der Waals surface area contributed by atoms with Crippen molar-refractivity contribution in [2.45, 2.75) is 23.1 Å². The highest BCUT2D eigenvalue weighted by molar-refractivity contribution is 8.17. The second-order valence-electron chi connectivity index (χ2n) is 7.51. The summed E-state index contributed by atoms with van der Waals surface area (Å²) >= 11 is 8.51. The van der Waals surface area contributed by atoms with Crippen molar-refractivity contribution in [2.75, 3.05) is 12.0 Å². The summed E-state index contributed by atoms with van der Waals surface area (Å²) in [5, 5.41) is 10.7. The Bertz CT molecular complexity index is 1120. The highest BCUT2D eigenvalue weighted by atomic mass is 35.5. The van der Waals surface area contributed by atoms with Gasteiger partial charge in [-0.1, -0.05) is 66.7 Å². The van der Waals surface area contributed by atoms with Crippen LogP contribution in [0.5, 0.6) is 0 Å². The van der Waals surface area contributed by atoms with Gasteiger partial charge in [0.2, 0.25) is 10.0 Å². The Morgan fingerprint density at radius 3 is 2.44 bits per heavy atom. The molecule has 2 unspecified atom stereocenters. The van der Waals surface area contributed by atoms with E-state index in [1.54, 1.807) is 12.1 Å². The molecule has 2 aromatic carbocycles. The van der Waals surface area contributed by atoms with Gasteiger partial charge in [0.25, 0.3) is 0 Å². The molecule has 1 aliphatic carbocycles. The van der Waals surface area contributed by atoms with Crippen molar-refractivity contribution in [3.8, 4) is 0 Å². The molecule has 0 amide bonds. The molecular formula is C23H24ClNO4S3. The van der Waals surface area contributed by atoms with E-state index >= 15 is 0 Å². The lowest BCUT2D eigenvalue weighted by molar-refractivity contribution is -0.140. The fourth-order valence-corrected chi connectivity index (χ4v) is 7.74. The van der Waals surface area contributed by atoms with E-state index in [9.17, 15) is 18.3 Å². The maximum absolute atomic E-state index is 13.3. The number of hydrogen-bond donors (Lipinski definition) is 2. The summed E-state index contributed by atoms with van der Waals surface area (Å²) in [7, 11) is -4.11. The SMILES string of the molecule is C=C/C=C(\SCc1ccc(Cl)cc1)S(=O)(=O)NC1(C(=O)O)CC1(CSC)c1ccccc1. The number of allylic oxidation sites excluding steroid dienone is 2. The zero-order chi connectivity index (χ0) is 23.4. The molecule has 5 nitrogen and oxygen atoms in total. The third-order valence-electron chi connectivity index (χ3n) is 5.46. The molecular weight excluding hydrogens is 486 g/mol. The summed E-state index contributed by atoms with van der Waals surface area (Å²) in [5.74, 6) is -0.323. The largest absolute Gasteiger partial charge is 0.480 e. The van der Waals surface area contributed by atoms with Gasteiger partial charge in [-0.2, -0.15) is 16.5 Å². The topological polar surface area (TPSA) is 83.5 Å². The fourth-order valence-electron chi connectivity index (χ4n) is 3.80. The number of rotatable bonds is 11.